The topological polar surface area (TPSA) is 57.4 Å². The van der Waals surface area contributed by atoms with E-state index < -0.39 is 0 Å². The molecule has 1 aromatic carbocycles. The van der Waals surface area contributed by atoms with E-state index in [1.807, 2.05) is 25.1 Å². The predicted molar refractivity (Wildman–Crippen MR) is 75.8 cm³/mol. The lowest BCUT2D eigenvalue weighted by molar-refractivity contribution is 0.374. The smallest absolute Gasteiger partial charge is 0.221 e. The molecule has 0 aliphatic carbocycles. The number of nitrogens with zero attached hydrogens (tertiary/aromatic N) is 1. The van der Waals surface area contributed by atoms with Crippen molar-refractivity contribution in [1.29, 1.82) is 0 Å². The van der Waals surface area contributed by atoms with Crippen LogP contribution in [0.15, 0.2) is 30.5 Å². The Balaban J connectivity index is 2.29. The third-order valence-corrected chi connectivity index (χ3v) is 2.97. The van der Waals surface area contributed by atoms with Crippen LogP contribution in [0.4, 0.5) is 5.69 Å². The zero-order valence-corrected chi connectivity index (χ0v) is 11.4. The first-order valence-electron chi connectivity index (χ1n) is 6.21. The lowest BCUT2D eigenvalue weighted by Gasteiger charge is -2.11. The van der Waals surface area contributed by atoms with E-state index >= 15 is 0 Å². The fourth-order valence-electron chi connectivity index (χ4n) is 1.70. The van der Waals surface area contributed by atoms with Gasteiger partial charge in [-0.25, -0.2) is 4.98 Å². The normalized spacial score (nSPS) is 10.3. The van der Waals surface area contributed by atoms with Gasteiger partial charge in [0, 0.05) is 18.0 Å². The highest BCUT2D eigenvalue weighted by atomic mass is 16.5. The summed E-state index contributed by atoms with van der Waals surface area (Å²) in [5.74, 6) is 1.79. The van der Waals surface area contributed by atoms with Gasteiger partial charge in [0.15, 0.2) is 11.5 Å². The summed E-state index contributed by atoms with van der Waals surface area (Å²) in [6, 6.07) is 7.57. The Morgan fingerprint density at radius 2 is 2.00 bits per heavy atom. The number of hydrogen-bond donors (Lipinski definition) is 1. The first-order chi connectivity index (χ1) is 9.13. The monoisotopic (exact) mass is 258 g/mol. The summed E-state index contributed by atoms with van der Waals surface area (Å²) in [6.07, 6.45) is 2.64. The third-order valence-electron chi connectivity index (χ3n) is 2.97. The van der Waals surface area contributed by atoms with Gasteiger partial charge in [0.1, 0.15) is 0 Å². The zero-order valence-electron chi connectivity index (χ0n) is 11.4. The van der Waals surface area contributed by atoms with Crippen molar-refractivity contribution >= 4 is 5.69 Å². The lowest BCUT2D eigenvalue weighted by Crippen LogP contribution is -1.96. The number of ether oxygens (including phenoxy) is 2. The molecule has 0 aliphatic rings. The summed E-state index contributed by atoms with van der Waals surface area (Å²) >= 11 is 0. The maximum Gasteiger partial charge on any atom is 0.221 e. The summed E-state index contributed by atoms with van der Waals surface area (Å²) in [5, 5.41) is 0. The summed E-state index contributed by atoms with van der Waals surface area (Å²) in [5.41, 5.74) is 8.63. The van der Waals surface area contributed by atoms with Gasteiger partial charge in [-0.1, -0.05) is 13.0 Å². The number of aromatic nitrogens is 1. The van der Waals surface area contributed by atoms with Crippen LogP contribution in [0.2, 0.25) is 0 Å². The molecule has 0 unspecified atom stereocenters. The minimum atomic E-state index is 0.464. The number of pyridine rings is 1. The summed E-state index contributed by atoms with van der Waals surface area (Å²) in [6.45, 7) is 4.00. The fraction of sp³-hybridized carbons (Fsp3) is 0.267. The molecule has 0 bridgehead atoms. The summed E-state index contributed by atoms with van der Waals surface area (Å²) < 4.78 is 11.0. The van der Waals surface area contributed by atoms with Crippen molar-refractivity contribution in [3.05, 3.63) is 41.6 Å². The highest BCUT2D eigenvalue weighted by molar-refractivity contribution is 5.49. The standard InChI is InChI=1S/C15H18N2O2/c1-4-11-5-6-13(14(7-11)18-3)19-15-8-12(16)10(2)9-17-15/h5-9H,4H2,1-3H3,(H2,16,17). The largest absolute Gasteiger partial charge is 0.493 e. The van der Waals surface area contributed by atoms with Crippen molar-refractivity contribution < 1.29 is 9.47 Å². The van der Waals surface area contributed by atoms with E-state index in [0.29, 0.717) is 23.1 Å². The van der Waals surface area contributed by atoms with Gasteiger partial charge in [-0.3, -0.25) is 0 Å². The molecule has 2 rings (SSSR count). The Morgan fingerprint density at radius 3 is 2.63 bits per heavy atom. The Kier molecular flexibility index (Phi) is 3.90. The molecule has 1 aromatic heterocycles. The second-order valence-electron chi connectivity index (χ2n) is 4.32. The first kappa shape index (κ1) is 13.2. The van der Waals surface area contributed by atoms with E-state index in [2.05, 4.69) is 11.9 Å². The highest BCUT2D eigenvalue weighted by Crippen LogP contribution is 2.32. The van der Waals surface area contributed by atoms with Gasteiger partial charge >= 0.3 is 0 Å². The van der Waals surface area contributed by atoms with Crippen LogP contribution in [0.25, 0.3) is 0 Å². The molecule has 0 amide bonds. The first-order valence-corrected chi connectivity index (χ1v) is 6.21. The van der Waals surface area contributed by atoms with Gasteiger partial charge in [-0.2, -0.15) is 0 Å². The Morgan fingerprint density at radius 1 is 1.21 bits per heavy atom. The molecule has 0 spiro atoms. The SMILES string of the molecule is CCc1ccc(Oc2cc(N)c(C)cn2)c(OC)c1. The van der Waals surface area contributed by atoms with Crippen LogP contribution in [-0.4, -0.2) is 12.1 Å². The second-order valence-corrected chi connectivity index (χ2v) is 4.32. The van der Waals surface area contributed by atoms with Gasteiger partial charge < -0.3 is 15.2 Å². The average molecular weight is 258 g/mol. The molecule has 4 heteroatoms. The Bertz CT molecular complexity index is 582. The van der Waals surface area contributed by atoms with Crippen molar-refractivity contribution in [2.24, 2.45) is 0 Å². The van der Waals surface area contributed by atoms with E-state index in [-0.39, 0.29) is 0 Å². The minimum absolute atomic E-state index is 0.464. The number of nitrogens with two attached hydrogens (primary N) is 1. The average Bonchev–Trinajstić information content (AvgIpc) is 2.43. The minimum Gasteiger partial charge on any atom is -0.493 e. The molecular weight excluding hydrogens is 240 g/mol. The maximum absolute atomic E-state index is 5.84. The zero-order chi connectivity index (χ0) is 13.8. The number of methoxy groups -OCH3 is 1. The molecule has 0 aliphatic heterocycles. The number of nitrogen functional groups attached to an aromatic ring is 1. The molecular formula is C15H18N2O2. The van der Waals surface area contributed by atoms with Gasteiger partial charge in [-0.05, 0) is 36.6 Å². The molecule has 1 heterocycles. The van der Waals surface area contributed by atoms with Crippen molar-refractivity contribution in [2.45, 2.75) is 20.3 Å². The molecule has 0 fully saturated rings. The highest BCUT2D eigenvalue weighted by Gasteiger charge is 2.08. The molecule has 4 nitrogen and oxygen atoms in total. The Labute approximate surface area is 113 Å². The molecule has 100 valence electrons. The van der Waals surface area contributed by atoms with Crippen LogP contribution < -0.4 is 15.2 Å². The van der Waals surface area contributed by atoms with E-state index in [4.69, 9.17) is 15.2 Å². The van der Waals surface area contributed by atoms with Crippen molar-refractivity contribution in [3.63, 3.8) is 0 Å². The van der Waals surface area contributed by atoms with Crippen LogP contribution in [-0.2, 0) is 6.42 Å². The summed E-state index contributed by atoms with van der Waals surface area (Å²) in [4.78, 5) is 4.19. The van der Waals surface area contributed by atoms with Gasteiger partial charge in [0.25, 0.3) is 0 Å². The predicted octanol–water partition coefficient (Wildman–Crippen LogP) is 3.34. The van der Waals surface area contributed by atoms with Gasteiger partial charge in [0.2, 0.25) is 5.88 Å². The maximum atomic E-state index is 5.84. The van der Waals surface area contributed by atoms with Crippen LogP contribution >= 0.6 is 0 Å². The van der Waals surface area contributed by atoms with E-state index in [9.17, 15) is 0 Å². The molecule has 0 saturated heterocycles. The number of hydrogen-bond acceptors (Lipinski definition) is 4. The number of benzene rings is 1. The van der Waals surface area contributed by atoms with Crippen LogP contribution in [0.5, 0.6) is 17.4 Å². The van der Waals surface area contributed by atoms with Crippen LogP contribution in [0.3, 0.4) is 0 Å². The van der Waals surface area contributed by atoms with Gasteiger partial charge in [-0.15, -0.1) is 0 Å². The summed E-state index contributed by atoms with van der Waals surface area (Å²) in [7, 11) is 1.62. The van der Waals surface area contributed by atoms with Crippen molar-refractivity contribution in [2.75, 3.05) is 12.8 Å². The van der Waals surface area contributed by atoms with Crippen LogP contribution in [0, 0.1) is 6.92 Å². The number of aryl methyl sites for hydroxylation is 2. The Hall–Kier alpha value is -2.23. The molecule has 0 saturated carbocycles. The van der Waals surface area contributed by atoms with E-state index in [0.717, 1.165) is 12.0 Å². The number of anilines is 1. The van der Waals surface area contributed by atoms with E-state index in [1.165, 1.54) is 5.56 Å². The fourth-order valence-corrected chi connectivity index (χ4v) is 1.70. The van der Waals surface area contributed by atoms with Crippen molar-refractivity contribution in [3.8, 4) is 17.4 Å². The second kappa shape index (κ2) is 5.61. The molecule has 0 atom stereocenters. The quantitative estimate of drug-likeness (QED) is 0.913. The van der Waals surface area contributed by atoms with E-state index in [1.54, 1.807) is 19.4 Å². The molecule has 19 heavy (non-hydrogen) atoms. The molecule has 2 N–H and O–H groups in total. The molecule has 0 radical (unpaired) electrons. The molecule has 2 aromatic rings. The lowest BCUT2D eigenvalue weighted by atomic mass is 10.1. The third kappa shape index (κ3) is 2.96. The number of rotatable bonds is 4. The van der Waals surface area contributed by atoms with Crippen molar-refractivity contribution in [1.82, 2.24) is 4.98 Å². The van der Waals surface area contributed by atoms with Gasteiger partial charge in [0.05, 0.1) is 7.11 Å². The van der Waals surface area contributed by atoms with Crippen LogP contribution in [0.1, 0.15) is 18.1 Å².